The smallest absolute Gasteiger partial charge is 0.410 e. The van der Waals surface area contributed by atoms with E-state index >= 15 is 0 Å². The number of hydrogen-bond donors (Lipinski definition) is 2. The van der Waals surface area contributed by atoms with Gasteiger partial charge in [0.05, 0.1) is 10.6 Å². The van der Waals surface area contributed by atoms with E-state index < -0.39 is 17.0 Å². The zero-order valence-electron chi connectivity index (χ0n) is 36.2. The summed E-state index contributed by atoms with van der Waals surface area (Å²) in [5.41, 5.74) is 3.94. The van der Waals surface area contributed by atoms with E-state index in [-0.39, 0.29) is 24.1 Å². The summed E-state index contributed by atoms with van der Waals surface area (Å²) < 4.78 is 18.7. The van der Waals surface area contributed by atoms with Gasteiger partial charge in [0.2, 0.25) is 0 Å². The van der Waals surface area contributed by atoms with Crippen LogP contribution >= 0.6 is 11.5 Å². The van der Waals surface area contributed by atoms with Gasteiger partial charge in [-0.2, -0.15) is 4.37 Å². The van der Waals surface area contributed by atoms with Gasteiger partial charge >= 0.3 is 12.2 Å². The molecule has 5 rings (SSSR count). The van der Waals surface area contributed by atoms with Crippen LogP contribution in [0.2, 0.25) is 0 Å². The van der Waals surface area contributed by atoms with E-state index in [1.54, 1.807) is 17.3 Å². The summed E-state index contributed by atoms with van der Waals surface area (Å²) in [4.78, 5) is 40.6. The Morgan fingerprint density at radius 1 is 0.949 bits per heavy atom. The van der Waals surface area contributed by atoms with E-state index in [1.165, 1.54) is 25.4 Å². The third kappa shape index (κ3) is 15.7. The first-order valence-corrected chi connectivity index (χ1v) is 21.2. The van der Waals surface area contributed by atoms with E-state index in [9.17, 15) is 9.59 Å². The van der Waals surface area contributed by atoms with Gasteiger partial charge in [0, 0.05) is 62.0 Å². The number of carbonyl (C=O) groups excluding carboxylic acids is 2. The molecule has 0 saturated heterocycles. The normalized spacial score (nSPS) is 15.9. The first-order valence-electron chi connectivity index (χ1n) is 20.4. The van der Waals surface area contributed by atoms with Crippen molar-refractivity contribution in [3.63, 3.8) is 0 Å². The number of benzene rings is 1. The van der Waals surface area contributed by atoms with Gasteiger partial charge in [-0.3, -0.25) is 0 Å². The third-order valence-corrected chi connectivity index (χ3v) is 10.2. The van der Waals surface area contributed by atoms with Crippen LogP contribution in [0.15, 0.2) is 92.1 Å². The Hall–Kier alpha value is -4.85. The van der Waals surface area contributed by atoms with Gasteiger partial charge in [-0.1, -0.05) is 61.7 Å². The van der Waals surface area contributed by atoms with E-state index in [1.807, 2.05) is 83.0 Å². The van der Waals surface area contributed by atoms with Gasteiger partial charge in [-0.15, -0.1) is 0 Å². The minimum Gasteiger partial charge on any atom is -0.444 e. The monoisotopic (exact) mass is 828 g/mol. The average Bonchev–Trinajstić information content (AvgIpc) is 3.89. The third-order valence-electron chi connectivity index (χ3n) is 9.36. The number of ether oxygens (including phenoxy) is 2. The van der Waals surface area contributed by atoms with Crippen molar-refractivity contribution < 1.29 is 29.3 Å². The van der Waals surface area contributed by atoms with Crippen molar-refractivity contribution >= 4 is 34.8 Å². The van der Waals surface area contributed by atoms with E-state index in [0.717, 1.165) is 57.6 Å². The number of hydrogen-bond acceptors (Lipinski definition) is 10. The standard InChI is InChI=1S/C43H56N6O4S.C3H8O2/c1-9-15-31(10-2)24-34-26-38(54-46-34)37-29-49(39-36(37)27-44-30-45-39)35-19-18-33(25-35)28-48(41(51)53-43(6,7)8)22-14-21-47(40(50)52-42(3,4)5)23-20-32-16-12-11-13-17-32;1-3(2,4)5/h9-13,15-17,26-27,29-30,33,35H,1-2,14,18-25,28H2,3-8H3;4-5H,1-2H3/b31-15+;. The van der Waals surface area contributed by atoms with Crippen molar-refractivity contribution in [3.8, 4) is 10.4 Å². The maximum Gasteiger partial charge on any atom is 0.410 e. The zero-order chi connectivity index (χ0) is 43.4. The number of aliphatic hydroxyl groups is 2. The Labute approximate surface area is 354 Å². The minimum absolute atomic E-state index is 0.220. The number of amides is 2. The Balaban J connectivity index is 0.00000145. The quantitative estimate of drug-likeness (QED) is 0.0885. The molecule has 13 heteroatoms. The molecule has 1 aliphatic rings. The molecular weight excluding hydrogens is 765 g/mol. The maximum absolute atomic E-state index is 13.6. The van der Waals surface area contributed by atoms with Crippen molar-refractivity contribution in [2.75, 3.05) is 26.2 Å². The summed E-state index contributed by atoms with van der Waals surface area (Å²) in [6.07, 6.45) is 15.4. The molecule has 0 spiro atoms. The van der Waals surface area contributed by atoms with Crippen LogP contribution < -0.4 is 0 Å². The fourth-order valence-corrected chi connectivity index (χ4v) is 7.67. The van der Waals surface area contributed by atoms with Gasteiger partial charge in [0.15, 0.2) is 5.79 Å². The summed E-state index contributed by atoms with van der Waals surface area (Å²) >= 11 is 1.48. The second-order valence-corrected chi connectivity index (χ2v) is 18.4. The number of allylic oxidation sites excluding steroid dienone is 4. The summed E-state index contributed by atoms with van der Waals surface area (Å²) in [6, 6.07) is 12.5. The second kappa shape index (κ2) is 20.9. The molecule has 3 aromatic heterocycles. The maximum atomic E-state index is 13.6. The number of fused-ring (bicyclic) bond motifs is 1. The molecule has 1 aromatic carbocycles. The highest BCUT2D eigenvalue weighted by Crippen LogP contribution is 2.41. The van der Waals surface area contributed by atoms with Crippen LogP contribution in [0, 0.1) is 5.92 Å². The van der Waals surface area contributed by atoms with Crippen LogP contribution in [-0.4, -0.2) is 94.3 Å². The molecule has 0 bridgehead atoms. The molecule has 59 heavy (non-hydrogen) atoms. The second-order valence-electron chi connectivity index (χ2n) is 17.6. The molecule has 2 amide bonds. The summed E-state index contributed by atoms with van der Waals surface area (Å²) in [5.74, 6) is -1.23. The fraction of sp³-hybridized carbons (Fsp3) is 0.500. The van der Waals surface area contributed by atoms with Crippen LogP contribution in [-0.2, 0) is 22.3 Å². The molecule has 1 fully saturated rings. The number of aromatic nitrogens is 4. The van der Waals surface area contributed by atoms with Crippen molar-refractivity contribution in [1.29, 1.82) is 0 Å². The predicted molar refractivity (Wildman–Crippen MR) is 236 cm³/mol. The first-order chi connectivity index (χ1) is 27.7. The van der Waals surface area contributed by atoms with Crippen LogP contribution in [0.1, 0.15) is 98.4 Å². The molecule has 0 radical (unpaired) electrons. The van der Waals surface area contributed by atoms with Crippen LogP contribution in [0.5, 0.6) is 0 Å². The first kappa shape index (κ1) is 46.8. The van der Waals surface area contributed by atoms with Crippen LogP contribution in [0.25, 0.3) is 21.5 Å². The molecule has 12 nitrogen and oxygen atoms in total. The highest BCUT2D eigenvalue weighted by Gasteiger charge is 2.32. The number of nitrogens with zero attached hydrogens (tertiary/aromatic N) is 6. The summed E-state index contributed by atoms with van der Waals surface area (Å²) in [7, 11) is 0. The van der Waals surface area contributed by atoms with Crippen molar-refractivity contribution in [3.05, 3.63) is 103 Å². The van der Waals surface area contributed by atoms with Gasteiger partial charge in [-0.05, 0) is 122 Å². The lowest BCUT2D eigenvalue weighted by Gasteiger charge is -2.31. The number of rotatable bonds is 15. The molecule has 4 aromatic rings. The molecule has 3 heterocycles. The van der Waals surface area contributed by atoms with Crippen LogP contribution in [0.3, 0.4) is 0 Å². The Morgan fingerprint density at radius 2 is 1.59 bits per heavy atom. The average molecular weight is 829 g/mol. The van der Waals surface area contributed by atoms with E-state index in [2.05, 4.69) is 47.1 Å². The molecule has 0 aliphatic heterocycles. The lowest BCUT2D eigenvalue weighted by Crippen LogP contribution is -2.42. The van der Waals surface area contributed by atoms with Gasteiger partial charge in [0.1, 0.15) is 23.2 Å². The molecule has 2 N–H and O–H groups in total. The molecule has 2 atom stereocenters. The number of carbonyl (C=O) groups is 2. The van der Waals surface area contributed by atoms with Crippen LogP contribution in [0.4, 0.5) is 9.59 Å². The highest BCUT2D eigenvalue weighted by atomic mass is 32.1. The lowest BCUT2D eigenvalue weighted by atomic mass is 10.1. The fourth-order valence-electron chi connectivity index (χ4n) is 6.89. The van der Waals surface area contributed by atoms with E-state index in [0.29, 0.717) is 45.4 Å². The van der Waals surface area contributed by atoms with Gasteiger partial charge in [0.25, 0.3) is 0 Å². The van der Waals surface area contributed by atoms with Crippen molar-refractivity contribution in [1.82, 2.24) is 28.7 Å². The summed E-state index contributed by atoms with van der Waals surface area (Å²) in [5, 5.41) is 17.2. The van der Waals surface area contributed by atoms with Crippen molar-refractivity contribution in [2.45, 2.75) is 117 Å². The predicted octanol–water partition coefficient (Wildman–Crippen LogP) is 9.55. The molecule has 1 aliphatic carbocycles. The minimum atomic E-state index is -1.50. The molecule has 1 saturated carbocycles. The van der Waals surface area contributed by atoms with E-state index in [4.69, 9.17) is 29.0 Å². The zero-order valence-corrected chi connectivity index (χ0v) is 37.0. The largest absolute Gasteiger partial charge is 0.444 e. The summed E-state index contributed by atoms with van der Waals surface area (Å²) in [6.45, 7) is 23.7. The highest BCUT2D eigenvalue weighted by molar-refractivity contribution is 7.09. The van der Waals surface area contributed by atoms with Gasteiger partial charge in [-0.25, -0.2) is 19.6 Å². The molecular formula is C46H64N6O6S. The Morgan fingerprint density at radius 3 is 2.22 bits per heavy atom. The Bertz CT molecular complexity index is 2010. The Kier molecular flexibility index (Phi) is 16.6. The van der Waals surface area contributed by atoms with Gasteiger partial charge < -0.3 is 34.1 Å². The molecule has 320 valence electrons. The molecule has 2 unspecified atom stereocenters. The van der Waals surface area contributed by atoms with Crippen molar-refractivity contribution in [2.24, 2.45) is 5.92 Å². The topological polar surface area (TPSA) is 143 Å². The SMILES string of the molecule is C=C/C=C(\C=C)Cc1cc(-c2cn(C3CCC(CN(CCCN(CCc4ccccc4)C(=O)OC(C)(C)C)C(=O)OC(C)(C)C)C3)c3ncncc23)sn1.CC(C)(O)O. The lowest BCUT2D eigenvalue weighted by molar-refractivity contribution is -0.127.